The average Bonchev–Trinajstić information content (AvgIpc) is 2.73. The van der Waals surface area contributed by atoms with Gasteiger partial charge in [0, 0.05) is 5.69 Å². The van der Waals surface area contributed by atoms with E-state index in [1.807, 2.05) is 51.1 Å². The lowest BCUT2D eigenvalue weighted by molar-refractivity contribution is 0.508. The largest absolute Gasteiger partial charge is 0.554 e. The van der Waals surface area contributed by atoms with Crippen LogP contribution >= 0.6 is 0 Å². The molecule has 20 heavy (non-hydrogen) atoms. The second-order valence-electron chi connectivity index (χ2n) is 4.48. The third-order valence-corrected chi connectivity index (χ3v) is 3.35. The van der Waals surface area contributed by atoms with Crippen LogP contribution < -0.4 is 0 Å². The number of nitriles is 1. The Hall–Kier alpha value is -2.48. The van der Waals surface area contributed by atoms with Crippen LogP contribution in [0.2, 0.25) is 0 Å². The average molecular weight is 263 g/mol. The molecule has 1 aromatic carbocycles. The summed E-state index contributed by atoms with van der Waals surface area (Å²) in [5, 5.41) is 13.8. The van der Waals surface area contributed by atoms with Crippen molar-refractivity contribution < 1.29 is 4.65 Å². The van der Waals surface area contributed by atoms with Gasteiger partial charge in [-0.05, 0) is 31.9 Å². The Labute approximate surface area is 119 Å². The van der Waals surface area contributed by atoms with E-state index in [1.165, 1.54) is 0 Å². The van der Waals surface area contributed by atoms with Gasteiger partial charge in [0.15, 0.2) is 0 Å². The second kappa shape index (κ2) is 5.66. The van der Waals surface area contributed by atoms with Gasteiger partial charge < -0.3 is 4.65 Å². The first kappa shape index (κ1) is 13.9. The van der Waals surface area contributed by atoms with Gasteiger partial charge in [-0.2, -0.15) is 10.4 Å². The zero-order valence-electron chi connectivity index (χ0n) is 11.7. The van der Waals surface area contributed by atoms with Crippen molar-refractivity contribution in [2.45, 2.75) is 20.8 Å². The number of aromatic nitrogens is 2. The highest BCUT2D eigenvalue weighted by atomic mass is 16.4. The molecule has 0 saturated heterocycles. The zero-order chi connectivity index (χ0) is 14.7. The molecule has 98 valence electrons. The van der Waals surface area contributed by atoms with Gasteiger partial charge in [0.1, 0.15) is 11.6 Å². The first-order valence-electron chi connectivity index (χ1n) is 6.19. The molecule has 0 unspecified atom stereocenters. The highest BCUT2D eigenvalue weighted by molar-refractivity contribution is 6.04. The molecule has 1 heterocycles. The standard InChI is InChI=1S/C15H14BN3O/c1-10-11(2)18-19(12(10)3)15(20-16)14(9-17)13-7-5-4-6-8-13/h4-8H,1-3H3. The smallest absolute Gasteiger partial charge is 0.376 e. The van der Waals surface area contributed by atoms with E-state index in [0.29, 0.717) is 5.57 Å². The lowest BCUT2D eigenvalue weighted by Gasteiger charge is -2.12. The lowest BCUT2D eigenvalue weighted by Crippen LogP contribution is -2.07. The van der Waals surface area contributed by atoms with E-state index in [0.717, 1.165) is 22.5 Å². The van der Waals surface area contributed by atoms with E-state index in [1.54, 1.807) is 4.68 Å². The predicted molar refractivity (Wildman–Crippen MR) is 78.4 cm³/mol. The van der Waals surface area contributed by atoms with Gasteiger partial charge in [-0.15, -0.1) is 0 Å². The van der Waals surface area contributed by atoms with Crippen molar-refractivity contribution in [2.75, 3.05) is 0 Å². The number of rotatable bonds is 3. The summed E-state index contributed by atoms with van der Waals surface area (Å²) in [7, 11) is 5.38. The molecule has 0 amide bonds. The summed E-state index contributed by atoms with van der Waals surface area (Å²) >= 11 is 0. The summed E-state index contributed by atoms with van der Waals surface area (Å²) in [5.41, 5.74) is 3.90. The van der Waals surface area contributed by atoms with Gasteiger partial charge in [0.25, 0.3) is 0 Å². The second-order valence-corrected chi connectivity index (χ2v) is 4.48. The van der Waals surface area contributed by atoms with Crippen molar-refractivity contribution in [2.24, 2.45) is 0 Å². The van der Waals surface area contributed by atoms with Gasteiger partial charge in [-0.25, -0.2) is 4.68 Å². The number of hydrogen-bond acceptors (Lipinski definition) is 3. The third kappa shape index (κ3) is 2.33. The molecule has 0 aliphatic heterocycles. The normalized spacial score (nSPS) is 11.7. The highest BCUT2D eigenvalue weighted by Gasteiger charge is 2.16. The maximum Gasteiger partial charge on any atom is 0.376 e. The molecule has 0 aliphatic carbocycles. The Morgan fingerprint density at radius 1 is 1.25 bits per heavy atom. The van der Waals surface area contributed by atoms with Gasteiger partial charge >= 0.3 is 8.05 Å². The number of hydrogen-bond donors (Lipinski definition) is 0. The van der Waals surface area contributed by atoms with Gasteiger partial charge in [0.05, 0.1) is 5.69 Å². The molecular formula is C15H14BN3O. The summed E-state index contributed by atoms with van der Waals surface area (Å²) in [6.45, 7) is 5.78. The quantitative estimate of drug-likeness (QED) is 0.486. The minimum Gasteiger partial charge on any atom is -0.554 e. The molecule has 4 nitrogen and oxygen atoms in total. The molecule has 0 fully saturated rings. The van der Waals surface area contributed by atoms with Gasteiger partial charge in [-0.1, -0.05) is 30.3 Å². The molecule has 5 heteroatoms. The molecule has 0 N–H and O–H groups in total. The Morgan fingerprint density at radius 3 is 2.35 bits per heavy atom. The molecular weight excluding hydrogens is 249 g/mol. The number of benzene rings is 1. The summed E-state index contributed by atoms with van der Waals surface area (Å²) in [5.74, 6) is 0.229. The molecule has 2 radical (unpaired) electrons. The van der Waals surface area contributed by atoms with Crippen LogP contribution in [0.3, 0.4) is 0 Å². The van der Waals surface area contributed by atoms with Crippen LogP contribution in [0, 0.1) is 32.1 Å². The van der Waals surface area contributed by atoms with Crippen molar-refractivity contribution in [3.05, 3.63) is 52.8 Å². The fourth-order valence-corrected chi connectivity index (χ4v) is 1.97. The molecule has 0 spiro atoms. The van der Waals surface area contributed by atoms with Gasteiger partial charge in [0.2, 0.25) is 5.88 Å². The van der Waals surface area contributed by atoms with Crippen LogP contribution in [0.1, 0.15) is 22.5 Å². The van der Waals surface area contributed by atoms with Crippen molar-refractivity contribution in [3.8, 4) is 6.07 Å². The van der Waals surface area contributed by atoms with E-state index in [2.05, 4.69) is 11.2 Å². The fraction of sp³-hybridized carbons (Fsp3) is 0.200. The van der Waals surface area contributed by atoms with Crippen LogP contribution in [-0.2, 0) is 4.65 Å². The van der Waals surface area contributed by atoms with Crippen LogP contribution in [0.5, 0.6) is 0 Å². The molecule has 0 bridgehead atoms. The number of nitrogens with zero attached hydrogens (tertiary/aromatic N) is 3. The predicted octanol–water partition coefficient (Wildman–Crippen LogP) is 2.76. The minimum absolute atomic E-state index is 0.229. The van der Waals surface area contributed by atoms with E-state index < -0.39 is 0 Å². The lowest BCUT2D eigenvalue weighted by atomic mass is 10.1. The Morgan fingerprint density at radius 2 is 1.90 bits per heavy atom. The first-order valence-corrected chi connectivity index (χ1v) is 6.19. The van der Waals surface area contributed by atoms with Crippen molar-refractivity contribution in [1.82, 2.24) is 9.78 Å². The summed E-state index contributed by atoms with van der Waals surface area (Å²) < 4.78 is 6.52. The molecule has 0 aliphatic rings. The maximum absolute atomic E-state index is 9.42. The van der Waals surface area contributed by atoms with E-state index >= 15 is 0 Å². The van der Waals surface area contributed by atoms with E-state index in [4.69, 9.17) is 12.7 Å². The van der Waals surface area contributed by atoms with E-state index in [9.17, 15) is 5.26 Å². The van der Waals surface area contributed by atoms with Crippen LogP contribution in [0.4, 0.5) is 0 Å². The Bertz CT molecular complexity index is 696. The van der Waals surface area contributed by atoms with Gasteiger partial charge in [-0.3, -0.25) is 0 Å². The Balaban J connectivity index is 2.68. The summed E-state index contributed by atoms with van der Waals surface area (Å²) in [6.07, 6.45) is 0. The van der Waals surface area contributed by atoms with Crippen LogP contribution in [0.25, 0.3) is 11.5 Å². The molecule has 2 aromatic rings. The number of aryl methyl sites for hydroxylation is 1. The highest BCUT2D eigenvalue weighted by Crippen LogP contribution is 2.24. The van der Waals surface area contributed by atoms with Crippen molar-refractivity contribution in [3.63, 3.8) is 0 Å². The monoisotopic (exact) mass is 263 g/mol. The third-order valence-electron chi connectivity index (χ3n) is 3.35. The fourth-order valence-electron chi connectivity index (χ4n) is 1.97. The van der Waals surface area contributed by atoms with Crippen LogP contribution in [0.15, 0.2) is 30.3 Å². The first-order chi connectivity index (χ1) is 9.60. The zero-order valence-corrected chi connectivity index (χ0v) is 11.7. The summed E-state index contributed by atoms with van der Waals surface area (Å²) in [4.78, 5) is 0. The SMILES string of the molecule is [B]OC(=C(C#N)c1ccccc1)n1nc(C)c(C)c1C. The molecule has 0 atom stereocenters. The molecule has 2 rings (SSSR count). The molecule has 0 saturated carbocycles. The Kier molecular flexibility index (Phi) is 3.95. The van der Waals surface area contributed by atoms with E-state index in [-0.39, 0.29) is 5.88 Å². The van der Waals surface area contributed by atoms with Crippen LogP contribution in [-0.4, -0.2) is 17.8 Å². The number of allylic oxidation sites excluding steroid dienone is 1. The maximum atomic E-state index is 9.42. The molecule has 1 aromatic heterocycles. The minimum atomic E-state index is 0.229. The topological polar surface area (TPSA) is 50.8 Å². The summed E-state index contributed by atoms with van der Waals surface area (Å²) in [6, 6.07) is 11.4. The van der Waals surface area contributed by atoms with Crippen molar-refractivity contribution >= 4 is 19.5 Å². The van der Waals surface area contributed by atoms with Crippen molar-refractivity contribution in [1.29, 1.82) is 5.26 Å².